The molecule has 20 heavy (non-hydrogen) atoms. The minimum atomic E-state index is -0.0220. The number of pyridine rings is 1. The molecular weight excluding hydrogens is 254 g/mol. The summed E-state index contributed by atoms with van der Waals surface area (Å²) in [5.41, 5.74) is 6.61. The largest absolute Gasteiger partial charge is 0.377 e. The molecule has 0 bridgehead atoms. The van der Waals surface area contributed by atoms with E-state index in [0.717, 1.165) is 6.42 Å². The summed E-state index contributed by atoms with van der Waals surface area (Å²) in [5, 5.41) is 0. The van der Waals surface area contributed by atoms with Crippen molar-refractivity contribution in [3.05, 3.63) is 29.6 Å². The lowest BCUT2D eigenvalue weighted by atomic mass is 10.1. The Kier molecular flexibility index (Phi) is 5.10. The fraction of sp³-hybridized carbons (Fsp3) is 0.467. The number of aromatic nitrogens is 1. The lowest BCUT2D eigenvalue weighted by Gasteiger charge is -2.22. The van der Waals surface area contributed by atoms with E-state index in [-0.39, 0.29) is 12.0 Å². The Morgan fingerprint density at radius 2 is 2.45 bits per heavy atom. The third-order valence-corrected chi connectivity index (χ3v) is 3.06. The summed E-state index contributed by atoms with van der Waals surface area (Å²) in [7, 11) is 0. The van der Waals surface area contributed by atoms with Gasteiger partial charge in [-0.15, -0.1) is 0 Å². The van der Waals surface area contributed by atoms with Gasteiger partial charge in [-0.25, -0.2) is 0 Å². The van der Waals surface area contributed by atoms with E-state index in [1.807, 2.05) is 11.8 Å². The zero-order chi connectivity index (χ0) is 14.4. The Balaban J connectivity index is 2.15. The van der Waals surface area contributed by atoms with Crippen LogP contribution in [-0.2, 0) is 4.74 Å². The average Bonchev–Trinajstić information content (AvgIpc) is 2.69. The first-order valence-corrected chi connectivity index (χ1v) is 6.75. The molecule has 0 aromatic carbocycles. The van der Waals surface area contributed by atoms with E-state index in [1.54, 1.807) is 18.5 Å². The topological polar surface area (TPSA) is 68.5 Å². The van der Waals surface area contributed by atoms with Gasteiger partial charge in [0.15, 0.2) is 0 Å². The van der Waals surface area contributed by atoms with Gasteiger partial charge in [-0.05, 0) is 19.4 Å². The van der Waals surface area contributed by atoms with Gasteiger partial charge in [-0.1, -0.05) is 11.8 Å². The van der Waals surface area contributed by atoms with Crippen molar-refractivity contribution in [1.82, 2.24) is 9.88 Å². The Morgan fingerprint density at radius 3 is 3.25 bits per heavy atom. The molecule has 0 spiro atoms. The van der Waals surface area contributed by atoms with Gasteiger partial charge in [0.2, 0.25) is 0 Å². The van der Waals surface area contributed by atoms with Gasteiger partial charge in [0, 0.05) is 37.7 Å². The van der Waals surface area contributed by atoms with Crippen LogP contribution in [0.2, 0.25) is 0 Å². The van der Waals surface area contributed by atoms with Gasteiger partial charge >= 0.3 is 0 Å². The molecular formula is C15H19N3O2. The number of nitrogens with two attached hydrogens (primary N) is 1. The van der Waals surface area contributed by atoms with E-state index < -0.39 is 0 Å². The van der Waals surface area contributed by atoms with Crippen LogP contribution >= 0.6 is 0 Å². The van der Waals surface area contributed by atoms with E-state index in [0.29, 0.717) is 37.4 Å². The van der Waals surface area contributed by atoms with Crippen LogP contribution in [-0.4, -0.2) is 48.1 Å². The van der Waals surface area contributed by atoms with Crippen LogP contribution in [0.15, 0.2) is 18.5 Å². The predicted molar refractivity (Wildman–Crippen MR) is 76.1 cm³/mol. The van der Waals surface area contributed by atoms with Gasteiger partial charge in [-0.2, -0.15) is 0 Å². The van der Waals surface area contributed by atoms with Crippen molar-refractivity contribution < 1.29 is 9.53 Å². The maximum atomic E-state index is 12.5. The number of carbonyl (C=O) groups is 1. The van der Waals surface area contributed by atoms with Gasteiger partial charge in [0.05, 0.1) is 18.2 Å². The van der Waals surface area contributed by atoms with E-state index >= 15 is 0 Å². The molecule has 2 heterocycles. The summed E-state index contributed by atoms with van der Waals surface area (Å²) < 4.78 is 5.55. The van der Waals surface area contributed by atoms with Crippen molar-refractivity contribution in [2.24, 2.45) is 5.73 Å². The summed E-state index contributed by atoms with van der Waals surface area (Å²) in [6, 6.07) is 1.76. The minimum absolute atomic E-state index is 0.0220. The summed E-state index contributed by atoms with van der Waals surface area (Å²) in [5.74, 6) is 5.63. The van der Waals surface area contributed by atoms with Gasteiger partial charge in [0.1, 0.15) is 0 Å². The van der Waals surface area contributed by atoms with Crippen molar-refractivity contribution in [2.75, 3.05) is 26.2 Å². The molecule has 5 nitrogen and oxygen atoms in total. The fourth-order valence-corrected chi connectivity index (χ4v) is 2.14. The smallest absolute Gasteiger partial charge is 0.255 e. The van der Waals surface area contributed by atoms with Crippen molar-refractivity contribution in [2.45, 2.75) is 19.4 Å². The monoisotopic (exact) mass is 273 g/mol. The molecule has 1 atom stereocenters. The van der Waals surface area contributed by atoms with Crippen LogP contribution in [0.25, 0.3) is 0 Å². The van der Waals surface area contributed by atoms with Gasteiger partial charge in [0.25, 0.3) is 5.91 Å². The predicted octanol–water partition coefficient (Wildman–Crippen LogP) is 0.643. The molecule has 2 rings (SSSR count). The Hall–Kier alpha value is -1.90. The lowest BCUT2D eigenvalue weighted by molar-refractivity contribution is 0.0562. The molecule has 1 amide bonds. The highest BCUT2D eigenvalue weighted by Gasteiger charge is 2.21. The number of hydrogen-bond acceptors (Lipinski definition) is 4. The summed E-state index contributed by atoms with van der Waals surface area (Å²) in [6.45, 7) is 4.29. The zero-order valence-corrected chi connectivity index (χ0v) is 11.6. The molecule has 5 heteroatoms. The summed E-state index contributed by atoms with van der Waals surface area (Å²) >= 11 is 0. The quantitative estimate of drug-likeness (QED) is 0.763. The molecule has 1 unspecified atom stereocenters. The Labute approximate surface area is 119 Å². The molecule has 1 fully saturated rings. The number of amides is 1. The maximum absolute atomic E-state index is 12.5. The number of carbonyl (C=O) groups excluding carboxylic acids is 1. The average molecular weight is 273 g/mol. The van der Waals surface area contributed by atoms with Gasteiger partial charge in [-0.3, -0.25) is 9.78 Å². The van der Waals surface area contributed by atoms with Crippen LogP contribution < -0.4 is 5.73 Å². The van der Waals surface area contributed by atoms with Crippen LogP contribution in [0, 0.1) is 11.8 Å². The normalized spacial score (nSPS) is 18.9. The second-order valence-electron chi connectivity index (χ2n) is 4.75. The molecule has 0 aliphatic carbocycles. The Bertz CT molecular complexity index is 533. The maximum Gasteiger partial charge on any atom is 0.255 e. The number of rotatable bonds is 1. The van der Waals surface area contributed by atoms with E-state index in [1.165, 1.54) is 0 Å². The third kappa shape index (κ3) is 3.80. The molecule has 1 aromatic rings. The van der Waals surface area contributed by atoms with Crippen molar-refractivity contribution >= 4 is 5.91 Å². The SMILES string of the molecule is CC1CN(C(=O)c2cncc(C#CCN)c2)CCCO1. The number of nitrogens with zero attached hydrogens (tertiary/aromatic N) is 2. The van der Waals surface area contributed by atoms with E-state index in [9.17, 15) is 4.79 Å². The van der Waals surface area contributed by atoms with Crippen LogP contribution in [0.1, 0.15) is 29.3 Å². The highest BCUT2D eigenvalue weighted by molar-refractivity contribution is 5.94. The molecule has 1 aromatic heterocycles. The van der Waals surface area contributed by atoms with Crippen LogP contribution in [0.3, 0.4) is 0 Å². The minimum Gasteiger partial charge on any atom is -0.377 e. The molecule has 0 radical (unpaired) electrons. The molecule has 106 valence electrons. The molecule has 1 saturated heterocycles. The first-order chi connectivity index (χ1) is 9.70. The van der Waals surface area contributed by atoms with E-state index in [2.05, 4.69) is 16.8 Å². The number of ether oxygens (including phenoxy) is 1. The van der Waals surface area contributed by atoms with E-state index in [4.69, 9.17) is 10.5 Å². The standard InChI is InChI=1S/C15H19N3O2/c1-12-11-18(6-3-7-20-12)15(19)14-8-13(4-2-5-16)9-17-10-14/h8-10,12H,3,5-7,11,16H2,1H3. The van der Waals surface area contributed by atoms with Crippen molar-refractivity contribution in [1.29, 1.82) is 0 Å². The first-order valence-electron chi connectivity index (χ1n) is 6.75. The molecule has 1 aliphatic heterocycles. The molecule has 0 saturated carbocycles. The van der Waals surface area contributed by atoms with Gasteiger partial charge < -0.3 is 15.4 Å². The Morgan fingerprint density at radius 1 is 1.60 bits per heavy atom. The van der Waals surface area contributed by atoms with Crippen LogP contribution in [0.5, 0.6) is 0 Å². The second-order valence-corrected chi connectivity index (χ2v) is 4.75. The third-order valence-electron chi connectivity index (χ3n) is 3.06. The van der Waals surface area contributed by atoms with Crippen molar-refractivity contribution in [3.8, 4) is 11.8 Å². The summed E-state index contributed by atoms with van der Waals surface area (Å²) in [6.07, 6.45) is 4.13. The zero-order valence-electron chi connectivity index (χ0n) is 11.6. The highest BCUT2D eigenvalue weighted by atomic mass is 16.5. The highest BCUT2D eigenvalue weighted by Crippen LogP contribution is 2.11. The summed E-state index contributed by atoms with van der Waals surface area (Å²) in [4.78, 5) is 18.4. The van der Waals surface area contributed by atoms with Crippen molar-refractivity contribution in [3.63, 3.8) is 0 Å². The molecule has 2 N–H and O–H groups in total. The first kappa shape index (κ1) is 14.5. The van der Waals surface area contributed by atoms with Crippen LogP contribution in [0.4, 0.5) is 0 Å². The fourth-order valence-electron chi connectivity index (χ4n) is 2.14. The molecule has 1 aliphatic rings. The second kappa shape index (κ2) is 7.04. The lowest BCUT2D eigenvalue weighted by Crippen LogP contribution is -2.36. The number of hydrogen-bond donors (Lipinski definition) is 1.